The molecule has 0 saturated heterocycles. The summed E-state index contributed by atoms with van der Waals surface area (Å²) in [7, 11) is 0. The van der Waals surface area contributed by atoms with E-state index in [2.05, 4.69) is 173 Å². The molecule has 0 aliphatic rings. The van der Waals surface area contributed by atoms with Crippen LogP contribution in [0.5, 0.6) is 0 Å². The van der Waals surface area contributed by atoms with Gasteiger partial charge in [-0.2, -0.15) is 12.1 Å². The quantitative estimate of drug-likeness (QED) is 0.119. The van der Waals surface area contributed by atoms with Gasteiger partial charge in [-0.25, -0.2) is 0 Å². The van der Waals surface area contributed by atoms with Gasteiger partial charge in [0.05, 0.1) is 0 Å². The molecular formula is C47H44Cl2Hf-6. The smallest absolute Gasteiger partial charge is 0 e. The van der Waals surface area contributed by atoms with Crippen LogP contribution < -0.4 is 24.8 Å². The Hall–Kier alpha value is -3.49. The van der Waals surface area contributed by atoms with Crippen LogP contribution in [-0.2, 0) is 38.7 Å². The maximum absolute atomic E-state index is 3.38. The van der Waals surface area contributed by atoms with Crippen LogP contribution in [0.2, 0.25) is 0 Å². The van der Waals surface area contributed by atoms with Crippen LogP contribution in [0.15, 0.2) is 146 Å². The molecule has 3 heteroatoms. The Morgan fingerprint density at radius 3 is 1.14 bits per heavy atom. The average molecular weight is 858 g/mol. The van der Waals surface area contributed by atoms with Crippen LogP contribution in [0.1, 0.15) is 44.2 Å². The molecule has 8 aromatic carbocycles. The monoisotopic (exact) mass is 858 g/mol. The van der Waals surface area contributed by atoms with Crippen molar-refractivity contribution in [2.75, 3.05) is 0 Å². The summed E-state index contributed by atoms with van der Waals surface area (Å²) in [5.74, 6) is 0. The fourth-order valence-corrected chi connectivity index (χ4v) is 6.85. The topological polar surface area (TPSA) is 0 Å². The van der Waals surface area contributed by atoms with Crippen LogP contribution in [0.3, 0.4) is 0 Å². The molecule has 0 bridgehead atoms. The molecule has 0 nitrogen and oxygen atoms in total. The molecule has 0 amide bonds. The number of aryl methyl sites for hydroxylation is 2. The third kappa shape index (κ3) is 9.05. The zero-order valence-electron chi connectivity index (χ0n) is 29.1. The van der Waals surface area contributed by atoms with Crippen molar-refractivity contribution in [2.45, 2.75) is 46.0 Å². The first-order chi connectivity index (χ1) is 23.1. The van der Waals surface area contributed by atoms with Crippen molar-refractivity contribution in [1.29, 1.82) is 0 Å². The normalized spacial score (nSPS) is 10.3. The Morgan fingerprint density at radius 2 is 0.760 bits per heavy atom. The predicted octanol–water partition coefficient (Wildman–Crippen LogP) is 7.71. The largest absolute Gasteiger partial charge is 1.00 e. The maximum Gasteiger partial charge on any atom is 0 e. The van der Waals surface area contributed by atoms with Crippen molar-refractivity contribution in [1.82, 2.24) is 0 Å². The van der Waals surface area contributed by atoms with Crippen LogP contribution >= 0.6 is 0 Å². The Balaban J connectivity index is 0.000000238. The number of rotatable bonds is 6. The van der Waals surface area contributed by atoms with Crippen molar-refractivity contribution in [3.8, 4) is 22.3 Å². The van der Waals surface area contributed by atoms with Gasteiger partial charge in [0.15, 0.2) is 0 Å². The van der Waals surface area contributed by atoms with E-state index in [1.807, 2.05) is 0 Å². The van der Waals surface area contributed by atoms with Crippen molar-refractivity contribution < 1.29 is 50.7 Å². The molecule has 0 aliphatic heterocycles. The van der Waals surface area contributed by atoms with E-state index in [0.29, 0.717) is 0 Å². The van der Waals surface area contributed by atoms with E-state index >= 15 is 0 Å². The maximum atomic E-state index is 3.38. The standard InChI is InChI=1S/2C22H19.C3H6.2ClH.Hf/c2*1-2-7-16-14-18-10-6-13-21(22(18)15-16)20-12-5-9-17-8-3-4-11-19(17)20;1-3-2;;;/h2*3-6,8-15H,2,7H2,1H3;1-3H2;2*1H;/q2*-1;-2;;;/p-2. The van der Waals surface area contributed by atoms with Crippen molar-refractivity contribution >= 4 is 43.1 Å². The van der Waals surface area contributed by atoms with E-state index in [0.717, 1.165) is 19.3 Å². The Bertz CT molecular complexity index is 2070. The van der Waals surface area contributed by atoms with Crippen LogP contribution in [0.25, 0.3) is 65.3 Å². The first-order valence-electron chi connectivity index (χ1n) is 17.1. The van der Waals surface area contributed by atoms with Gasteiger partial charge in [-0.1, -0.05) is 135 Å². The van der Waals surface area contributed by atoms with E-state index in [-0.39, 0.29) is 50.7 Å². The minimum Gasteiger partial charge on any atom is -1.00 e. The minimum absolute atomic E-state index is 0. The molecule has 0 atom stereocenters. The molecule has 0 aliphatic carbocycles. The van der Waals surface area contributed by atoms with E-state index in [1.54, 1.807) is 0 Å². The second-order valence-electron chi connectivity index (χ2n) is 12.3. The van der Waals surface area contributed by atoms with Crippen LogP contribution in [0, 0.1) is 13.8 Å². The molecule has 0 saturated carbocycles. The Kier molecular flexibility index (Phi) is 16.2. The summed E-state index contributed by atoms with van der Waals surface area (Å²) in [5.41, 5.74) is 8.25. The van der Waals surface area contributed by atoms with E-state index in [4.69, 9.17) is 0 Å². The number of hydrogen-bond acceptors (Lipinski definition) is 0. The zero-order valence-corrected chi connectivity index (χ0v) is 34.2. The third-order valence-corrected chi connectivity index (χ3v) is 8.86. The molecule has 0 radical (unpaired) electrons. The summed E-state index contributed by atoms with van der Waals surface area (Å²) in [6.07, 6.45) is 5.45. The zero-order chi connectivity index (χ0) is 32.6. The Labute approximate surface area is 330 Å². The van der Waals surface area contributed by atoms with Crippen molar-refractivity contribution in [3.63, 3.8) is 0 Å². The van der Waals surface area contributed by atoms with Gasteiger partial charge in [0.2, 0.25) is 0 Å². The molecule has 8 aromatic rings. The van der Waals surface area contributed by atoms with Crippen molar-refractivity contribution in [2.24, 2.45) is 0 Å². The SMILES string of the molecule is CCCc1cc2c(-c3cccc4ccccc34)cccc2[cH-]1.CCCc1cc2c(-c3cccc4ccccc34)cccc2[cH-]1.[CH2-]C[CH2-].[Cl-].[Cl-].[Hf]. The fourth-order valence-electron chi connectivity index (χ4n) is 6.85. The van der Waals surface area contributed by atoms with Gasteiger partial charge in [-0.15, -0.1) is 69.1 Å². The summed E-state index contributed by atoms with van der Waals surface area (Å²) >= 11 is 0. The number of halogens is 2. The molecule has 0 spiro atoms. The third-order valence-electron chi connectivity index (χ3n) is 8.86. The van der Waals surface area contributed by atoms with Gasteiger partial charge in [0.1, 0.15) is 0 Å². The predicted molar refractivity (Wildman–Crippen MR) is 208 cm³/mol. The molecule has 0 aromatic heterocycles. The second-order valence-corrected chi connectivity index (χ2v) is 12.3. The fraction of sp³-hybridized carbons (Fsp3) is 0.149. The molecule has 8 rings (SSSR count). The summed E-state index contributed by atoms with van der Waals surface area (Å²) in [6.45, 7) is 11.2. The first kappa shape index (κ1) is 40.9. The summed E-state index contributed by atoms with van der Waals surface area (Å²) in [6, 6.07) is 53.2. The molecule has 0 fully saturated rings. The van der Waals surface area contributed by atoms with E-state index < -0.39 is 0 Å². The van der Waals surface area contributed by atoms with Gasteiger partial charge in [0.25, 0.3) is 0 Å². The summed E-state index contributed by atoms with van der Waals surface area (Å²) in [4.78, 5) is 0. The van der Waals surface area contributed by atoms with E-state index in [1.165, 1.54) is 89.3 Å². The second kappa shape index (κ2) is 19.8. The van der Waals surface area contributed by atoms with Crippen LogP contribution in [0.4, 0.5) is 0 Å². The molecule has 50 heavy (non-hydrogen) atoms. The summed E-state index contributed by atoms with van der Waals surface area (Å²) in [5, 5.41) is 10.7. The average Bonchev–Trinajstić information content (AvgIpc) is 3.72. The minimum atomic E-state index is 0. The Morgan fingerprint density at radius 1 is 0.440 bits per heavy atom. The first-order valence-corrected chi connectivity index (χ1v) is 17.1. The van der Waals surface area contributed by atoms with Gasteiger partial charge in [0, 0.05) is 25.8 Å². The van der Waals surface area contributed by atoms with E-state index in [9.17, 15) is 0 Å². The number of hydrogen-bond donors (Lipinski definition) is 0. The number of benzene rings is 6. The van der Waals surface area contributed by atoms with Gasteiger partial charge < -0.3 is 45.1 Å². The molecule has 256 valence electrons. The molecule has 0 N–H and O–H groups in total. The molecule has 0 unspecified atom stereocenters. The molecular weight excluding hydrogens is 814 g/mol. The van der Waals surface area contributed by atoms with Crippen molar-refractivity contribution in [3.05, 3.63) is 171 Å². The summed E-state index contributed by atoms with van der Waals surface area (Å²) < 4.78 is 0. The van der Waals surface area contributed by atoms with Gasteiger partial charge in [-0.05, 0) is 45.5 Å². The number of fused-ring (bicyclic) bond motifs is 4. The van der Waals surface area contributed by atoms with Gasteiger partial charge in [-0.3, -0.25) is 0 Å². The van der Waals surface area contributed by atoms with Crippen LogP contribution in [-0.4, -0.2) is 0 Å². The van der Waals surface area contributed by atoms with Gasteiger partial charge >= 0.3 is 0 Å². The molecule has 0 heterocycles.